The van der Waals surface area contributed by atoms with E-state index in [0.717, 1.165) is 0 Å². The molecule has 22 heavy (non-hydrogen) atoms. The highest BCUT2D eigenvalue weighted by molar-refractivity contribution is 6.30. The second kappa shape index (κ2) is 6.30. The van der Waals surface area contributed by atoms with E-state index in [2.05, 4.69) is 0 Å². The van der Waals surface area contributed by atoms with Gasteiger partial charge >= 0.3 is 12.1 Å². The number of hydrogen-bond donors (Lipinski definition) is 0. The number of esters is 1. The molecule has 0 spiro atoms. The predicted molar refractivity (Wildman–Crippen MR) is 75.4 cm³/mol. The maximum atomic E-state index is 13.1. The summed E-state index contributed by atoms with van der Waals surface area (Å²) in [7, 11) is 0. The molecule has 0 unspecified atom stereocenters. The van der Waals surface area contributed by atoms with Gasteiger partial charge in [-0.15, -0.1) is 0 Å². The Morgan fingerprint density at radius 3 is 2.41 bits per heavy atom. The highest BCUT2D eigenvalue weighted by atomic mass is 35.5. The molecule has 1 fully saturated rings. The van der Waals surface area contributed by atoms with Crippen LogP contribution in [0.4, 0.5) is 13.2 Å². The van der Waals surface area contributed by atoms with Gasteiger partial charge in [0, 0.05) is 16.5 Å². The molecular weight excluding hydrogens is 321 g/mol. The summed E-state index contributed by atoms with van der Waals surface area (Å²) in [6.45, 7) is 2.70. The van der Waals surface area contributed by atoms with Crippen molar-refractivity contribution >= 4 is 23.1 Å². The SMILES string of the molecule is CC1(COC(=O)C=C(c2ccc(Cl)cc2)C(F)(F)F)COC1. The minimum absolute atomic E-state index is 0.0219. The van der Waals surface area contributed by atoms with Crippen molar-refractivity contribution < 1.29 is 27.4 Å². The Morgan fingerprint density at radius 1 is 1.36 bits per heavy atom. The van der Waals surface area contributed by atoms with Crippen molar-refractivity contribution in [3.63, 3.8) is 0 Å². The molecule has 0 bridgehead atoms. The first-order valence-electron chi connectivity index (χ1n) is 6.49. The lowest BCUT2D eigenvalue weighted by Crippen LogP contribution is -2.44. The molecule has 1 saturated heterocycles. The van der Waals surface area contributed by atoms with E-state index in [1.165, 1.54) is 24.3 Å². The van der Waals surface area contributed by atoms with E-state index in [9.17, 15) is 18.0 Å². The third-order valence-corrected chi connectivity index (χ3v) is 3.44. The summed E-state index contributed by atoms with van der Waals surface area (Å²) in [6, 6.07) is 5.06. The molecule has 0 radical (unpaired) electrons. The smallest absolute Gasteiger partial charge is 0.417 e. The van der Waals surface area contributed by atoms with Gasteiger partial charge in [-0.05, 0) is 17.7 Å². The quantitative estimate of drug-likeness (QED) is 0.619. The van der Waals surface area contributed by atoms with Gasteiger partial charge in [-0.2, -0.15) is 13.2 Å². The molecule has 1 aliphatic heterocycles. The van der Waals surface area contributed by atoms with E-state index < -0.39 is 17.7 Å². The van der Waals surface area contributed by atoms with E-state index in [1.54, 1.807) is 0 Å². The van der Waals surface area contributed by atoms with Crippen LogP contribution in [0.15, 0.2) is 30.3 Å². The molecule has 2 rings (SSSR count). The van der Waals surface area contributed by atoms with Gasteiger partial charge in [-0.25, -0.2) is 4.79 Å². The molecule has 1 aromatic carbocycles. The Hall–Kier alpha value is -1.53. The number of allylic oxidation sites excluding steroid dienone is 1. The zero-order valence-corrected chi connectivity index (χ0v) is 12.5. The lowest BCUT2D eigenvalue weighted by atomic mass is 9.90. The third kappa shape index (κ3) is 4.24. The fraction of sp³-hybridized carbons (Fsp3) is 0.400. The lowest BCUT2D eigenvalue weighted by molar-refractivity contribution is -0.160. The van der Waals surface area contributed by atoms with Crippen LogP contribution >= 0.6 is 11.6 Å². The molecule has 0 aliphatic carbocycles. The first-order chi connectivity index (χ1) is 10.2. The van der Waals surface area contributed by atoms with Crippen LogP contribution in [0, 0.1) is 5.41 Å². The van der Waals surface area contributed by atoms with Crippen molar-refractivity contribution in [2.24, 2.45) is 5.41 Å². The van der Waals surface area contributed by atoms with Gasteiger partial charge < -0.3 is 9.47 Å². The van der Waals surface area contributed by atoms with Crippen molar-refractivity contribution in [2.75, 3.05) is 19.8 Å². The number of carbonyl (C=O) groups excluding carboxylic acids is 1. The maximum Gasteiger partial charge on any atom is 0.417 e. The van der Waals surface area contributed by atoms with Crippen LogP contribution in [0.3, 0.4) is 0 Å². The molecule has 0 amide bonds. The Kier molecular flexibility index (Phi) is 4.82. The maximum absolute atomic E-state index is 13.1. The van der Waals surface area contributed by atoms with Crippen LogP contribution in [0.25, 0.3) is 5.57 Å². The summed E-state index contributed by atoms with van der Waals surface area (Å²) in [4.78, 5) is 11.7. The molecule has 120 valence electrons. The second-order valence-electron chi connectivity index (χ2n) is 5.47. The van der Waals surface area contributed by atoms with Crippen molar-refractivity contribution in [3.05, 3.63) is 40.9 Å². The molecular formula is C15H14ClF3O3. The third-order valence-electron chi connectivity index (χ3n) is 3.19. The Labute approximate surface area is 130 Å². The van der Waals surface area contributed by atoms with Crippen LogP contribution < -0.4 is 0 Å². The van der Waals surface area contributed by atoms with E-state index in [4.69, 9.17) is 21.1 Å². The fourth-order valence-corrected chi connectivity index (χ4v) is 2.02. The van der Waals surface area contributed by atoms with Crippen LogP contribution in [-0.2, 0) is 14.3 Å². The lowest BCUT2D eigenvalue weighted by Gasteiger charge is -2.37. The normalized spacial score (nSPS) is 17.8. The molecule has 3 nitrogen and oxygen atoms in total. The van der Waals surface area contributed by atoms with Gasteiger partial charge in [-0.1, -0.05) is 30.7 Å². The number of halogens is 4. The number of alkyl halides is 3. The molecule has 0 atom stereocenters. The van der Waals surface area contributed by atoms with Gasteiger partial charge in [0.05, 0.1) is 18.8 Å². The Bertz CT molecular complexity index is 575. The fourth-order valence-electron chi connectivity index (χ4n) is 1.90. The van der Waals surface area contributed by atoms with Gasteiger partial charge in [0.15, 0.2) is 0 Å². The molecule has 0 N–H and O–H groups in total. The largest absolute Gasteiger partial charge is 0.462 e. The number of benzene rings is 1. The standard InChI is InChI=1S/C15H14ClF3O3/c1-14(7-21-8-14)9-22-13(20)6-12(15(17,18)19)10-2-4-11(16)5-3-10/h2-6H,7-9H2,1H3. The van der Waals surface area contributed by atoms with Gasteiger partial charge in [0.1, 0.15) is 6.61 Å². The minimum Gasteiger partial charge on any atom is -0.462 e. The van der Waals surface area contributed by atoms with E-state index in [0.29, 0.717) is 24.3 Å². The Balaban J connectivity index is 2.14. The predicted octanol–water partition coefficient (Wildman–Crippen LogP) is 3.87. The van der Waals surface area contributed by atoms with Crippen LogP contribution in [0.2, 0.25) is 5.02 Å². The zero-order chi connectivity index (χ0) is 16.4. The number of hydrogen-bond acceptors (Lipinski definition) is 3. The van der Waals surface area contributed by atoms with Crippen molar-refractivity contribution in [2.45, 2.75) is 13.1 Å². The first kappa shape index (κ1) is 16.8. The van der Waals surface area contributed by atoms with Gasteiger partial charge in [-0.3, -0.25) is 0 Å². The van der Waals surface area contributed by atoms with Crippen LogP contribution in [-0.4, -0.2) is 32.0 Å². The molecule has 1 aliphatic rings. The van der Waals surface area contributed by atoms with E-state index in [-0.39, 0.29) is 17.6 Å². The summed E-state index contributed by atoms with van der Waals surface area (Å²) in [5, 5.41) is 0.311. The highest BCUT2D eigenvalue weighted by Gasteiger charge is 2.37. The Morgan fingerprint density at radius 2 is 1.95 bits per heavy atom. The van der Waals surface area contributed by atoms with Gasteiger partial charge in [0.25, 0.3) is 0 Å². The summed E-state index contributed by atoms with van der Waals surface area (Å²) < 4.78 is 49.2. The van der Waals surface area contributed by atoms with E-state index >= 15 is 0 Å². The summed E-state index contributed by atoms with van der Waals surface area (Å²) in [5.74, 6) is -1.03. The second-order valence-corrected chi connectivity index (χ2v) is 5.91. The van der Waals surface area contributed by atoms with Crippen LogP contribution in [0.1, 0.15) is 12.5 Å². The summed E-state index contributed by atoms with van der Waals surface area (Å²) in [5.41, 5.74) is -1.53. The van der Waals surface area contributed by atoms with Gasteiger partial charge in [0.2, 0.25) is 0 Å². The van der Waals surface area contributed by atoms with E-state index in [1.807, 2.05) is 6.92 Å². The topological polar surface area (TPSA) is 35.5 Å². The molecule has 0 saturated carbocycles. The average Bonchev–Trinajstić information content (AvgIpc) is 2.40. The molecule has 0 aromatic heterocycles. The summed E-state index contributed by atoms with van der Waals surface area (Å²) >= 11 is 5.65. The van der Waals surface area contributed by atoms with Crippen LogP contribution in [0.5, 0.6) is 0 Å². The van der Waals surface area contributed by atoms with Crippen molar-refractivity contribution in [3.8, 4) is 0 Å². The average molecular weight is 335 g/mol. The molecule has 1 heterocycles. The zero-order valence-electron chi connectivity index (χ0n) is 11.7. The summed E-state index contributed by atoms with van der Waals surface area (Å²) in [6.07, 6.45) is -4.21. The number of carbonyl (C=O) groups is 1. The van der Waals surface area contributed by atoms with Crippen molar-refractivity contribution in [1.82, 2.24) is 0 Å². The first-order valence-corrected chi connectivity index (χ1v) is 6.87. The number of ether oxygens (including phenoxy) is 2. The minimum atomic E-state index is -4.67. The van der Waals surface area contributed by atoms with Crippen molar-refractivity contribution in [1.29, 1.82) is 0 Å². The number of rotatable bonds is 4. The highest BCUT2D eigenvalue weighted by Crippen LogP contribution is 2.34. The molecule has 7 heteroatoms. The monoisotopic (exact) mass is 334 g/mol. The molecule has 1 aromatic rings.